The monoisotopic (exact) mass is 396 g/mol. The zero-order chi connectivity index (χ0) is 20.2. The van der Waals surface area contributed by atoms with Crippen LogP contribution in [0.3, 0.4) is 0 Å². The van der Waals surface area contributed by atoms with E-state index in [4.69, 9.17) is 4.74 Å². The number of aromatic nitrogens is 3. The van der Waals surface area contributed by atoms with Crippen LogP contribution in [0.15, 0.2) is 61.1 Å². The lowest BCUT2D eigenvalue weighted by atomic mass is 10.1. The normalized spacial score (nSPS) is 21.1. The third-order valence-corrected chi connectivity index (χ3v) is 4.98. The van der Waals surface area contributed by atoms with Gasteiger partial charge >= 0.3 is 0 Å². The average molecular weight is 396 g/mol. The largest absolute Gasteiger partial charge is 0.439 e. The predicted octanol–water partition coefficient (Wildman–Crippen LogP) is 2.78. The van der Waals surface area contributed by atoms with Gasteiger partial charge < -0.3 is 15.2 Å². The molecule has 2 heterocycles. The van der Waals surface area contributed by atoms with Crippen LogP contribution in [0.25, 0.3) is 0 Å². The quantitative estimate of drug-likeness (QED) is 0.669. The van der Waals surface area contributed by atoms with Gasteiger partial charge in [-0.05, 0) is 55.2 Å². The molecular weight excluding hydrogens is 375 g/mol. The van der Waals surface area contributed by atoms with E-state index in [0.717, 1.165) is 0 Å². The molecule has 0 bridgehead atoms. The van der Waals surface area contributed by atoms with Gasteiger partial charge in [0.15, 0.2) is 0 Å². The smallest absolute Gasteiger partial charge is 0.253 e. The van der Waals surface area contributed by atoms with E-state index in [1.807, 2.05) is 16.9 Å². The molecular formula is C21H21FN4O3. The molecule has 1 unspecified atom stereocenters. The standard InChI is InChI=1S/C21H21FN4O3/c22-16-3-5-17(6-4-16)29-20-7-2-15(12-23-20)21(28)25-18-10-14(11-19(18)27)13-26-9-1-8-24-26/h1-9,12,14,18-19,27H,10-11,13H2,(H,25,28)/t14?,18-,19-/m1/s1. The Bertz CT molecular complexity index is 945. The van der Waals surface area contributed by atoms with Crippen molar-refractivity contribution in [2.45, 2.75) is 31.5 Å². The maximum Gasteiger partial charge on any atom is 0.253 e. The Kier molecular flexibility index (Phi) is 5.53. The molecule has 3 aromatic rings. The number of carbonyl (C=O) groups is 1. The molecule has 4 rings (SSSR count). The van der Waals surface area contributed by atoms with Crippen molar-refractivity contribution in [3.63, 3.8) is 0 Å². The zero-order valence-corrected chi connectivity index (χ0v) is 15.6. The van der Waals surface area contributed by atoms with Crippen molar-refractivity contribution in [2.24, 2.45) is 5.92 Å². The lowest BCUT2D eigenvalue weighted by Gasteiger charge is -2.16. The summed E-state index contributed by atoms with van der Waals surface area (Å²) in [7, 11) is 0. The van der Waals surface area contributed by atoms with Gasteiger partial charge in [-0.1, -0.05) is 0 Å². The van der Waals surface area contributed by atoms with Gasteiger partial charge in [0.1, 0.15) is 11.6 Å². The summed E-state index contributed by atoms with van der Waals surface area (Å²) in [6, 6.07) is 10.3. The first-order chi connectivity index (χ1) is 14.1. The lowest BCUT2D eigenvalue weighted by molar-refractivity contribution is 0.0872. The topological polar surface area (TPSA) is 89.3 Å². The predicted molar refractivity (Wildman–Crippen MR) is 103 cm³/mol. The number of hydrogen-bond acceptors (Lipinski definition) is 5. The average Bonchev–Trinajstić information content (AvgIpc) is 3.34. The molecule has 8 heteroatoms. The Morgan fingerprint density at radius 2 is 2.07 bits per heavy atom. The van der Waals surface area contributed by atoms with E-state index in [1.54, 1.807) is 18.3 Å². The highest BCUT2D eigenvalue weighted by Gasteiger charge is 2.34. The van der Waals surface area contributed by atoms with E-state index in [-0.39, 0.29) is 23.7 Å². The number of benzene rings is 1. The number of amides is 1. The number of ether oxygens (including phenoxy) is 1. The summed E-state index contributed by atoms with van der Waals surface area (Å²) in [4.78, 5) is 16.6. The molecule has 7 nitrogen and oxygen atoms in total. The van der Waals surface area contributed by atoms with Crippen molar-refractivity contribution >= 4 is 5.91 Å². The van der Waals surface area contributed by atoms with Crippen molar-refractivity contribution < 1.29 is 19.0 Å². The summed E-state index contributed by atoms with van der Waals surface area (Å²) in [5.41, 5.74) is 0.374. The van der Waals surface area contributed by atoms with Crippen molar-refractivity contribution in [2.75, 3.05) is 0 Å². The fraction of sp³-hybridized carbons (Fsp3) is 0.286. The molecule has 0 radical (unpaired) electrons. The number of nitrogens with one attached hydrogen (secondary N) is 1. The highest BCUT2D eigenvalue weighted by molar-refractivity contribution is 5.94. The number of hydrogen-bond donors (Lipinski definition) is 2. The van der Waals surface area contributed by atoms with E-state index in [2.05, 4.69) is 15.4 Å². The van der Waals surface area contributed by atoms with Crippen LogP contribution in [0.5, 0.6) is 11.6 Å². The van der Waals surface area contributed by atoms with Gasteiger partial charge in [-0.25, -0.2) is 9.37 Å². The zero-order valence-electron chi connectivity index (χ0n) is 15.6. The molecule has 3 atom stereocenters. The van der Waals surface area contributed by atoms with Crippen LogP contribution in [0.1, 0.15) is 23.2 Å². The van der Waals surface area contributed by atoms with E-state index < -0.39 is 6.10 Å². The number of aliphatic hydroxyl groups is 1. The number of rotatable bonds is 6. The second-order valence-electron chi connectivity index (χ2n) is 7.15. The maximum atomic E-state index is 12.9. The first-order valence-corrected chi connectivity index (χ1v) is 9.42. The van der Waals surface area contributed by atoms with Crippen LogP contribution in [-0.4, -0.2) is 37.9 Å². The van der Waals surface area contributed by atoms with Crippen LogP contribution in [0.2, 0.25) is 0 Å². The Balaban J connectivity index is 1.32. The molecule has 2 aromatic heterocycles. The molecule has 29 heavy (non-hydrogen) atoms. The summed E-state index contributed by atoms with van der Waals surface area (Å²) < 4.78 is 20.3. The molecule has 2 N–H and O–H groups in total. The Labute approximate surface area is 167 Å². The van der Waals surface area contributed by atoms with Gasteiger partial charge in [-0.15, -0.1) is 0 Å². The molecule has 1 aliphatic rings. The molecule has 1 aromatic carbocycles. The second kappa shape index (κ2) is 8.40. The molecule has 0 aliphatic heterocycles. The third kappa shape index (κ3) is 4.78. The minimum atomic E-state index is -0.589. The summed E-state index contributed by atoms with van der Waals surface area (Å²) in [5.74, 6) is 0.356. The number of aliphatic hydroxyl groups excluding tert-OH is 1. The highest BCUT2D eigenvalue weighted by Crippen LogP contribution is 2.28. The summed E-state index contributed by atoms with van der Waals surface area (Å²) in [6.07, 6.45) is 5.74. The molecule has 0 saturated heterocycles. The minimum absolute atomic E-state index is 0.250. The van der Waals surface area contributed by atoms with E-state index in [1.165, 1.54) is 30.5 Å². The maximum absolute atomic E-state index is 12.9. The van der Waals surface area contributed by atoms with E-state index in [9.17, 15) is 14.3 Å². The minimum Gasteiger partial charge on any atom is -0.439 e. The first kappa shape index (κ1) is 19.1. The van der Waals surface area contributed by atoms with Crippen LogP contribution < -0.4 is 10.1 Å². The van der Waals surface area contributed by atoms with Crippen LogP contribution in [0.4, 0.5) is 4.39 Å². The van der Waals surface area contributed by atoms with Crippen LogP contribution >= 0.6 is 0 Å². The van der Waals surface area contributed by atoms with Gasteiger partial charge in [0, 0.05) is 31.2 Å². The third-order valence-electron chi connectivity index (χ3n) is 4.98. The summed E-state index contributed by atoms with van der Waals surface area (Å²) in [6.45, 7) is 0.716. The van der Waals surface area contributed by atoms with Gasteiger partial charge in [0.05, 0.1) is 17.7 Å². The highest BCUT2D eigenvalue weighted by atomic mass is 19.1. The SMILES string of the molecule is O=C(N[C@@H]1CC(Cn2cccn2)C[C@H]1O)c1ccc(Oc2ccc(F)cc2)nc1. The van der Waals surface area contributed by atoms with Crippen molar-refractivity contribution in [3.05, 3.63) is 72.4 Å². The molecule has 1 saturated carbocycles. The number of pyridine rings is 1. The lowest BCUT2D eigenvalue weighted by Crippen LogP contribution is -2.39. The molecule has 1 aliphatic carbocycles. The fourth-order valence-electron chi connectivity index (χ4n) is 3.55. The molecule has 0 spiro atoms. The summed E-state index contributed by atoms with van der Waals surface area (Å²) in [5, 5.41) is 17.4. The van der Waals surface area contributed by atoms with Gasteiger partial charge in [0.25, 0.3) is 5.91 Å². The van der Waals surface area contributed by atoms with Crippen LogP contribution in [-0.2, 0) is 6.54 Å². The Hall–Kier alpha value is -3.26. The number of halogens is 1. The number of carbonyl (C=O) groups excluding carboxylic acids is 1. The van der Waals surface area contributed by atoms with Gasteiger partial charge in [0.2, 0.25) is 5.88 Å². The number of nitrogens with zero attached hydrogens (tertiary/aromatic N) is 3. The molecule has 1 amide bonds. The van der Waals surface area contributed by atoms with E-state index in [0.29, 0.717) is 36.6 Å². The van der Waals surface area contributed by atoms with Gasteiger partial charge in [-0.3, -0.25) is 9.48 Å². The Morgan fingerprint density at radius 1 is 1.24 bits per heavy atom. The molecule has 150 valence electrons. The Morgan fingerprint density at radius 3 is 2.76 bits per heavy atom. The van der Waals surface area contributed by atoms with Gasteiger partial charge in [-0.2, -0.15) is 5.10 Å². The molecule has 1 fully saturated rings. The van der Waals surface area contributed by atoms with E-state index >= 15 is 0 Å². The second-order valence-corrected chi connectivity index (χ2v) is 7.15. The van der Waals surface area contributed by atoms with Crippen LogP contribution in [0, 0.1) is 11.7 Å². The summed E-state index contributed by atoms with van der Waals surface area (Å²) >= 11 is 0. The fourth-order valence-corrected chi connectivity index (χ4v) is 3.55. The van der Waals surface area contributed by atoms with Crippen molar-refractivity contribution in [1.82, 2.24) is 20.1 Å². The van der Waals surface area contributed by atoms with Crippen molar-refractivity contribution in [3.8, 4) is 11.6 Å². The first-order valence-electron chi connectivity index (χ1n) is 9.42. The van der Waals surface area contributed by atoms with Crippen molar-refractivity contribution in [1.29, 1.82) is 0 Å².